The average Bonchev–Trinajstić information content (AvgIpc) is 3.31. The molecule has 0 unspecified atom stereocenters. The molecule has 31 heavy (non-hydrogen) atoms. The third-order valence-corrected chi connectivity index (χ3v) is 5.47. The molecule has 1 fully saturated rings. The number of anilines is 1. The smallest absolute Gasteiger partial charge is 0.317 e. The number of amides is 1. The second kappa shape index (κ2) is 7.89. The van der Waals surface area contributed by atoms with Gasteiger partial charge >= 0.3 is 6.18 Å². The molecule has 0 saturated heterocycles. The maximum Gasteiger partial charge on any atom is 0.433 e. The number of rotatable bonds is 4. The number of carbonyl (C=O) groups excluding carboxylic acids is 1. The van der Waals surface area contributed by atoms with Gasteiger partial charge in [0.05, 0.1) is 11.7 Å². The van der Waals surface area contributed by atoms with Gasteiger partial charge in [0.1, 0.15) is 12.0 Å². The molecular weight excluding hydrogens is 423 g/mol. The lowest BCUT2D eigenvalue weighted by atomic mass is 9.87. The first-order valence-corrected chi connectivity index (χ1v) is 9.73. The van der Waals surface area contributed by atoms with Crippen molar-refractivity contribution in [3.63, 3.8) is 0 Å². The fraction of sp³-hybridized carbons (Fsp3) is 0.474. The number of hydrogen-bond donors (Lipinski definition) is 1. The summed E-state index contributed by atoms with van der Waals surface area (Å²) < 4.78 is 68.5. The summed E-state index contributed by atoms with van der Waals surface area (Å²) in [6, 6.07) is 0.698. The Bertz CT molecular complexity index is 1100. The molecule has 0 spiro atoms. The molecule has 3 heterocycles. The predicted octanol–water partition coefficient (Wildman–Crippen LogP) is 4.89. The van der Waals surface area contributed by atoms with E-state index in [4.69, 9.17) is 0 Å². The first-order chi connectivity index (χ1) is 14.6. The standard InChI is InChI=1S/C19H19F5N6O/c1-10-2-4-11(5-3-10)30-8-12(14(28-30)16(20)21)26-18(31)15-17-27-13(19(22,23)24)6-7-29(17)9-25-15/h6-11,16H,2-5H2,1H3,(H,26,31). The lowest BCUT2D eigenvalue weighted by Crippen LogP contribution is -2.17. The molecule has 0 aromatic carbocycles. The number of nitrogens with zero attached hydrogens (tertiary/aromatic N) is 5. The van der Waals surface area contributed by atoms with Crippen LogP contribution in [0.25, 0.3) is 5.65 Å². The van der Waals surface area contributed by atoms with Crippen LogP contribution in [0.2, 0.25) is 0 Å². The van der Waals surface area contributed by atoms with E-state index in [0.717, 1.165) is 48.7 Å². The minimum atomic E-state index is -4.71. The van der Waals surface area contributed by atoms with E-state index in [1.54, 1.807) is 0 Å². The molecule has 1 aliphatic rings. The highest BCUT2D eigenvalue weighted by Crippen LogP contribution is 2.34. The van der Waals surface area contributed by atoms with Crippen molar-refractivity contribution in [2.24, 2.45) is 5.92 Å². The van der Waals surface area contributed by atoms with Crippen LogP contribution in [-0.2, 0) is 6.18 Å². The van der Waals surface area contributed by atoms with Gasteiger partial charge in [-0.15, -0.1) is 0 Å². The highest BCUT2D eigenvalue weighted by molar-refractivity contribution is 6.07. The van der Waals surface area contributed by atoms with E-state index in [9.17, 15) is 26.7 Å². The van der Waals surface area contributed by atoms with Gasteiger partial charge in [-0.1, -0.05) is 6.92 Å². The van der Waals surface area contributed by atoms with Crippen LogP contribution in [0.5, 0.6) is 0 Å². The fourth-order valence-electron chi connectivity index (χ4n) is 3.73. The maximum atomic E-state index is 13.5. The molecule has 0 atom stereocenters. The van der Waals surface area contributed by atoms with Crippen LogP contribution in [0.15, 0.2) is 24.8 Å². The van der Waals surface area contributed by atoms with Crippen molar-refractivity contribution in [2.45, 2.75) is 51.3 Å². The third-order valence-electron chi connectivity index (χ3n) is 5.47. The van der Waals surface area contributed by atoms with Gasteiger partial charge in [0, 0.05) is 12.4 Å². The van der Waals surface area contributed by atoms with Crippen LogP contribution in [0.3, 0.4) is 0 Å². The molecule has 0 aliphatic heterocycles. The second-order valence-corrected chi connectivity index (χ2v) is 7.71. The number of nitrogens with one attached hydrogen (secondary N) is 1. The Morgan fingerprint density at radius 1 is 1.23 bits per heavy atom. The Kier molecular flexibility index (Phi) is 5.40. The molecule has 1 saturated carbocycles. The van der Waals surface area contributed by atoms with Gasteiger partial charge in [0.15, 0.2) is 17.0 Å². The zero-order valence-electron chi connectivity index (χ0n) is 16.4. The normalized spacial score (nSPS) is 19.8. The van der Waals surface area contributed by atoms with Crippen LogP contribution in [0.4, 0.5) is 27.6 Å². The van der Waals surface area contributed by atoms with Crippen molar-refractivity contribution >= 4 is 17.2 Å². The first kappa shape index (κ1) is 21.2. The summed E-state index contributed by atoms with van der Waals surface area (Å²) in [5.74, 6) is -0.392. The number of aromatic nitrogens is 5. The second-order valence-electron chi connectivity index (χ2n) is 7.71. The molecule has 3 aromatic rings. The quantitative estimate of drug-likeness (QED) is 0.584. The molecule has 7 nitrogen and oxygen atoms in total. The average molecular weight is 442 g/mol. The molecule has 3 aromatic heterocycles. The molecule has 0 bridgehead atoms. The number of imidazole rings is 1. The van der Waals surface area contributed by atoms with Gasteiger partial charge < -0.3 is 5.32 Å². The number of fused-ring (bicyclic) bond motifs is 1. The molecule has 0 radical (unpaired) electrons. The van der Waals surface area contributed by atoms with E-state index in [0.29, 0.717) is 5.92 Å². The maximum absolute atomic E-state index is 13.5. The van der Waals surface area contributed by atoms with Gasteiger partial charge in [-0.05, 0) is 37.7 Å². The van der Waals surface area contributed by atoms with Crippen LogP contribution in [0, 0.1) is 5.92 Å². The molecule has 1 amide bonds. The summed E-state index contributed by atoms with van der Waals surface area (Å²) in [6.45, 7) is 2.13. The van der Waals surface area contributed by atoms with E-state index < -0.39 is 35.6 Å². The largest absolute Gasteiger partial charge is 0.433 e. The lowest BCUT2D eigenvalue weighted by Gasteiger charge is -2.26. The number of halogens is 5. The van der Waals surface area contributed by atoms with Gasteiger partial charge in [0.25, 0.3) is 12.3 Å². The summed E-state index contributed by atoms with van der Waals surface area (Å²) >= 11 is 0. The van der Waals surface area contributed by atoms with Crippen molar-refractivity contribution in [3.8, 4) is 0 Å². The molecule has 1 aliphatic carbocycles. The first-order valence-electron chi connectivity index (χ1n) is 9.73. The van der Waals surface area contributed by atoms with E-state index >= 15 is 0 Å². The van der Waals surface area contributed by atoms with E-state index in [1.165, 1.54) is 10.9 Å². The van der Waals surface area contributed by atoms with E-state index in [2.05, 4.69) is 27.3 Å². The van der Waals surface area contributed by atoms with E-state index in [-0.39, 0.29) is 17.4 Å². The van der Waals surface area contributed by atoms with Gasteiger partial charge in [0.2, 0.25) is 0 Å². The number of carbonyl (C=O) groups is 1. The van der Waals surface area contributed by atoms with Crippen LogP contribution < -0.4 is 5.32 Å². The number of hydrogen-bond acceptors (Lipinski definition) is 4. The predicted molar refractivity (Wildman–Crippen MR) is 99.8 cm³/mol. The molecule has 1 N–H and O–H groups in total. The lowest BCUT2D eigenvalue weighted by molar-refractivity contribution is -0.141. The topological polar surface area (TPSA) is 77.1 Å². The Morgan fingerprint density at radius 3 is 2.58 bits per heavy atom. The highest BCUT2D eigenvalue weighted by atomic mass is 19.4. The summed E-state index contributed by atoms with van der Waals surface area (Å²) in [4.78, 5) is 19.9. The number of alkyl halides is 5. The van der Waals surface area contributed by atoms with Crippen LogP contribution in [0.1, 0.15) is 67.0 Å². The van der Waals surface area contributed by atoms with Gasteiger partial charge in [-0.3, -0.25) is 13.9 Å². The minimum absolute atomic E-state index is 0.0520. The van der Waals surface area contributed by atoms with Crippen LogP contribution in [-0.4, -0.2) is 30.1 Å². The summed E-state index contributed by atoms with van der Waals surface area (Å²) in [5, 5.41) is 6.28. The summed E-state index contributed by atoms with van der Waals surface area (Å²) in [7, 11) is 0. The molecule has 4 rings (SSSR count). The van der Waals surface area contributed by atoms with Crippen molar-refractivity contribution in [1.29, 1.82) is 0 Å². The van der Waals surface area contributed by atoms with Crippen molar-refractivity contribution in [1.82, 2.24) is 24.1 Å². The van der Waals surface area contributed by atoms with E-state index in [1.807, 2.05) is 0 Å². The Balaban J connectivity index is 1.62. The van der Waals surface area contributed by atoms with Crippen LogP contribution >= 0.6 is 0 Å². The fourth-order valence-corrected chi connectivity index (χ4v) is 3.73. The summed E-state index contributed by atoms with van der Waals surface area (Å²) in [6.07, 6.45) is -0.640. The zero-order valence-corrected chi connectivity index (χ0v) is 16.4. The molecular formula is C19H19F5N6O. The van der Waals surface area contributed by atoms with Gasteiger partial charge in [-0.25, -0.2) is 18.7 Å². The molecule has 12 heteroatoms. The van der Waals surface area contributed by atoms with Crippen molar-refractivity contribution in [2.75, 3.05) is 5.32 Å². The van der Waals surface area contributed by atoms with Crippen molar-refractivity contribution in [3.05, 3.63) is 41.9 Å². The van der Waals surface area contributed by atoms with Crippen molar-refractivity contribution < 1.29 is 26.7 Å². The zero-order chi connectivity index (χ0) is 22.3. The Morgan fingerprint density at radius 2 is 1.94 bits per heavy atom. The molecule has 166 valence electrons. The Labute approximate surface area is 173 Å². The van der Waals surface area contributed by atoms with Gasteiger partial charge in [-0.2, -0.15) is 18.3 Å². The third kappa shape index (κ3) is 4.23. The summed E-state index contributed by atoms with van der Waals surface area (Å²) in [5.41, 5.74) is -2.74. The monoisotopic (exact) mass is 442 g/mol. The minimum Gasteiger partial charge on any atom is -0.317 e. The SMILES string of the molecule is CC1CCC(n2cc(NC(=O)c3ncn4ccc(C(F)(F)F)nc34)c(C(F)F)n2)CC1. The Hall–Kier alpha value is -3.05. The highest BCUT2D eigenvalue weighted by Gasteiger charge is 2.33.